The molecule has 1 aromatic carbocycles. The van der Waals surface area contributed by atoms with Crippen molar-refractivity contribution in [2.45, 2.75) is 29.9 Å². The molecule has 11 heteroatoms. The predicted molar refractivity (Wildman–Crippen MR) is 105 cm³/mol. The van der Waals surface area contributed by atoms with Gasteiger partial charge in [0.05, 0.1) is 11.2 Å². The first-order valence-corrected chi connectivity index (χ1v) is 10.9. The molecule has 0 spiro atoms. The lowest BCUT2D eigenvalue weighted by molar-refractivity contribution is -0.115. The van der Waals surface area contributed by atoms with Crippen molar-refractivity contribution in [2.75, 3.05) is 11.1 Å². The summed E-state index contributed by atoms with van der Waals surface area (Å²) < 4.78 is 29.8. The van der Waals surface area contributed by atoms with E-state index in [-0.39, 0.29) is 17.2 Å². The maximum Gasteiger partial charge on any atom is 0.238 e. The molecule has 0 aliphatic rings. The Hall–Kier alpha value is -2.63. The molecule has 0 fully saturated rings. The van der Waals surface area contributed by atoms with E-state index >= 15 is 0 Å². The predicted octanol–water partition coefficient (Wildman–Crippen LogP) is 2.33. The lowest BCUT2D eigenvalue weighted by Crippen LogP contribution is -2.14. The number of aromatic nitrogens is 3. The van der Waals surface area contributed by atoms with E-state index in [2.05, 4.69) is 15.5 Å². The highest BCUT2D eigenvalue weighted by molar-refractivity contribution is 7.99. The van der Waals surface area contributed by atoms with E-state index in [0.717, 1.165) is 0 Å². The summed E-state index contributed by atoms with van der Waals surface area (Å²) in [6.07, 6.45) is 1.84. The molecule has 2 heterocycles. The highest BCUT2D eigenvalue weighted by Gasteiger charge is 2.15. The monoisotopic (exact) mass is 421 g/mol. The molecular weight excluding hydrogens is 402 g/mol. The summed E-state index contributed by atoms with van der Waals surface area (Å²) in [5.74, 6) is 1.61. The summed E-state index contributed by atoms with van der Waals surface area (Å²) in [6.45, 7) is 2.66. The molecule has 0 atom stereocenters. The van der Waals surface area contributed by atoms with Crippen LogP contribution in [-0.4, -0.2) is 34.8 Å². The number of furan rings is 1. The number of nitrogens with two attached hydrogens (primary N) is 1. The molecule has 3 aromatic rings. The second kappa shape index (κ2) is 8.59. The third-order valence-electron chi connectivity index (χ3n) is 3.80. The van der Waals surface area contributed by atoms with Gasteiger partial charge in [0.25, 0.3) is 0 Å². The Morgan fingerprint density at radius 2 is 2.00 bits per heavy atom. The quantitative estimate of drug-likeness (QED) is 0.533. The highest BCUT2D eigenvalue weighted by atomic mass is 32.2. The molecule has 1 amide bonds. The largest absolute Gasteiger partial charge is 0.461 e. The number of carbonyl (C=O) groups excluding carboxylic acids is 1. The lowest BCUT2D eigenvalue weighted by atomic mass is 10.3. The van der Waals surface area contributed by atoms with Crippen molar-refractivity contribution < 1.29 is 17.6 Å². The summed E-state index contributed by atoms with van der Waals surface area (Å²) in [4.78, 5) is 12.1. The van der Waals surface area contributed by atoms with E-state index in [0.29, 0.717) is 34.7 Å². The second-order valence-electron chi connectivity index (χ2n) is 5.74. The van der Waals surface area contributed by atoms with Crippen LogP contribution in [0.5, 0.6) is 0 Å². The first-order valence-electron chi connectivity index (χ1n) is 8.41. The third-order valence-corrected chi connectivity index (χ3v) is 5.70. The van der Waals surface area contributed by atoms with Crippen LogP contribution in [0, 0.1) is 0 Å². The fourth-order valence-electron chi connectivity index (χ4n) is 2.46. The maximum absolute atomic E-state index is 12.1. The summed E-state index contributed by atoms with van der Waals surface area (Å²) in [5.41, 5.74) is 0.499. The summed E-state index contributed by atoms with van der Waals surface area (Å²) in [6, 6.07) is 9.29. The van der Waals surface area contributed by atoms with Crippen LogP contribution in [0.1, 0.15) is 13.3 Å². The zero-order chi connectivity index (χ0) is 20.1. The van der Waals surface area contributed by atoms with Gasteiger partial charge >= 0.3 is 0 Å². The summed E-state index contributed by atoms with van der Waals surface area (Å²) >= 11 is 1.43. The van der Waals surface area contributed by atoms with Crippen LogP contribution in [0.15, 0.2) is 57.1 Å². The molecule has 3 rings (SSSR count). The molecule has 9 nitrogen and oxygen atoms in total. The Kier molecular flexibility index (Phi) is 6.17. The number of amides is 1. The molecule has 0 unspecified atom stereocenters. The SMILES string of the molecule is CCn1c(SCCC(=O)Nc2ccc(S(N)(=O)=O)cc2)nnc1-c1ccco1. The molecule has 0 aliphatic carbocycles. The van der Waals surface area contributed by atoms with Gasteiger partial charge in [0.2, 0.25) is 15.9 Å². The van der Waals surface area contributed by atoms with Gasteiger partial charge in [-0.3, -0.25) is 9.36 Å². The average molecular weight is 422 g/mol. The van der Waals surface area contributed by atoms with Gasteiger partial charge in [-0.1, -0.05) is 11.8 Å². The molecule has 3 N–H and O–H groups in total. The van der Waals surface area contributed by atoms with Crippen molar-refractivity contribution in [1.29, 1.82) is 0 Å². The zero-order valence-corrected chi connectivity index (χ0v) is 16.7. The van der Waals surface area contributed by atoms with Crippen LogP contribution in [0.4, 0.5) is 5.69 Å². The van der Waals surface area contributed by atoms with Gasteiger partial charge in [-0.2, -0.15) is 0 Å². The number of hydrogen-bond donors (Lipinski definition) is 2. The van der Waals surface area contributed by atoms with Gasteiger partial charge in [0.15, 0.2) is 16.7 Å². The van der Waals surface area contributed by atoms with Crippen LogP contribution >= 0.6 is 11.8 Å². The van der Waals surface area contributed by atoms with Gasteiger partial charge < -0.3 is 9.73 Å². The minimum absolute atomic E-state index is 0.00711. The van der Waals surface area contributed by atoms with Crippen LogP contribution in [-0.2, 0) is 21.4 Å². The first-order chi connectivity index (χ1) is 13.4. The Morgan fingerprint density at radius 1 is 1.25 bits per heavy atom. The maximum atomic E-state index is 12.1. The number of benzene rings is 1. The Balaban J connectivity index is 1.54. The van der Waals surface area contributed by atoms with Crippen molar-refractivity contribution in [3.8, 4) is 11.6 Å². The highest BCUT2D eigenvalue weighted by Crippen LogP contribution is 2.24. The Labute approximate surface area is 166 Å². The van der Waals surface area contributed by atoms with Gasteiger partial charge in [0, 0.05) is 24.4 Å². The number of anilines is 1. The van der Waals surface area contributed by atoms with Crippen LogP contribution in [0.2, 0.25) is 0 Å². The molecule has 148 valence electrons. The van der Waals surface area contributed by atoms with E-state index in [4.69, 9.17) is 9.56 Å². The summed E-state index contributed by atoms with van der Waals surface area (Å²) in [7, 11) is -3.75. The number of nitrogens with one attached hydrogen (secondary N) is 1. The third kappa shape index (κ3) is 4.80. The number of thioether (sulfide) groups is 1. The number of primary sulfonamides is 1. The topological polar surface area (TPSA) is 133 Å². The molecular formula is C17H19N5O4S2. The van der Waals surface area contributed by atoms with Gasteiger partial charge in [-0.15, -0.1) is 10.2 Å². The summed E-state index contributed by atoms with van der Waals surface area (Å²) in [5, 5.41) is 16.8. The number of hydrogen-bond acceptors (Lipinski definition) is 7. The molecule has 2 aromatic heterocycles. The van der Waals surface area contributed by atoms with E-state index in [1.54, 1.807) is 12.3 Å². The number of rotatable bonds is 8. The van der Waals surface area contributed by atoms with Gasteiger partial charge in [0.1, 0.15) is 0 Å². The van der Waals surface area contributed by atoms with Crippen LogP contribution in [0.3, 0.4) is 0 Å². The van der Waals surface area contributed by atoms with Crippen molar-refractivity contribution in [3.05, 3.63) is 42.7 Å². The number of nitrogens with zero attached hydrogens (tertiary/aromatic N) is 3. The van der Waals surface area contributed by atoms with Crippen molar-refractivity contribution >= 4 is 33.4 Å². The fraction of sp³-hybridized carbons (Fsp3) is 0.235. The van der Waals surface area contributed by atoms with E-state index in [1.807, 2.05) is 17.6 Å². The first kappa shape index (κ1) is 20.1. The molecule has 0 saturated heterocycles. The lowest BCUT2D eigenvalue weighted by Gasteiger charge is -2.07. The van der Waals surface area contributed by atoms with Crippen molar-refractivity contribution in [2.24, 2.45) is 5.14 Å². The zero-order valence-electron chi connectivity index (χ0n) is 15.0. The standard InChI is InChI=1S/C17H19N5O4S2/c1-2-22-16(14-4-3-10-26-14)20-21-17(22)27-11-9-15(23)19-12-5-7-13(8-6-12)28(18,24)25/h3-8,10H,2,9,11H2,1H3,(H,19,23)(H2,18,24,25). The Bertz CT molecular complexity index is 1040. The molecule has 0 aliphatic heterocycles. The molecule has 0 radical (unpaired) electrons. The van der Waals surface area contributed by atoms with Crippen LogP contribution in [0.25, 0.3) is 11.6 Å². The van der Waals surface area contributed by atoms with Gasteiger partial charge in [-0.05, 0) is 43.3 Å². The smallest absolute Gasteiger partial charge is 0.238 e. The normalized spacial score (nSPS) is 11.5. The molecule has 0 bridgehead atoms. The minimum atomic E-state index is -3.75. The van der Waals surface area contributed by atoms with E-state index < -0.39 is 10.0 Å². The molecule has 28 heavy (non-hydrogen) atoms. The fourth-order valence-corrected chi connectivity index (χ4v) is 3.91. The van der Waals surface area contributed by atoms with Crippen molar-refractivity contribution in [1.82, 2.24) is 14.8 Å². The van der Waals surface area contributed by atoms with Crippen LogP contribution < -0.4 is 10.5 Å². The van der Waals surface area contributed by atoms with E-state index in [9.17, 15) is 13.2 Å². The van der Waals surface area contributed by atoms with Gasteiger partial charge in [-0.25, -0.2) is 13.6 Å². The number of carbonyl (C=O) groups is 1. The molecule has 0 saturated carbocycles. The number of sulfonamides is 1. The Morgan fingerprint density at radius 3 is 2.61 bits per heavy atom. The van der Waals surface area contributed by atoms with Crippen molar-refractivity contribution in [3.63, 3.8) is 0 Å². The average Bonchev–Trinajstić information content (AvgIpc) is 3.30. The minimum Gasteiger partial charge on any atom is -0.461 e. The van der Waals surface area contributed by atoms with E-state index in [1.165, 1.54) is 36.0 Å². The second-order valence-corrected chi connectivity index (χ2v) is 8.37.